The van der Waals surface area contributed by atoms with E-state index in [1.54, 1.807) is 0 Å². The second kappa shape index (κ2) is 5.47. The molecule has 2 aromatic rings. The summed E-state index contributed by atoms with van der Waals surface area (Å²) in [5.41, 5.74) is 2.49. The molecule has 1 aliphatic heterocycles. The maximum atomic E-state index is 13.0. The lowest BCUT2D eigenvalue weighted by molar-refractivity contribution is -0.119. The van der Waals surface area contributed by atoms with E-state index < -0.39 is 0 Å². The number of benzene rings is 2. The van der Waals surface area contributed by atoms with E-state index in [-0.39, 0.29) is 16.7 Å². The van der Waals surface area contributed by atoms with Crippen LogP contribution in [-0.4, -0.2) is 11.7 Å². The van der Waals surface area contributed by atoms with E-state index in [0.717, 1.165) is 11.4 Å². The first-order chi connectivity index (χ1) is 10.8. The van der Waals surface area contributed by atoms with Gasteiger partial charge in [-0.15, -0.1) is 11.8 Å². The number of carbonyl (C=O) groups excluding carboxylic acids is 1. The number of thioether (sulfide) groups is 1. The highest BCUT2D eigenvalue weighted by atomic mass is 32.2. The van der Waals surface area contributed by atoms with Crippen LogP contribution in [0, 0.1) is 5.41 Å². The molecule has 0 aromatic heterocycles. The molecule has 1 saturated carbocycles. The second-order valence-corrected chi connectivity index (χ2v) is 7.42. The third-order valence-corrected chi connectivity index (χ3v) is 6.23. The van der Waals surface area contributed by atoms with Gasteiger partial charge < -0.3 is 0 Å². The number of hydrogen-bond donors (Lipinski definition) is 0. The smallest absolute Gasteiger partial charge is 0.228 e. The molecule has 1 saturated heterocycles. The quantitative estimate of drug-likeness (QED) is 0.806. The fourth-order valence-corrected chi connectivity index (χ4v) is 4.79. The van der Waals surface area contributed by atoms with Gasteiger partial charge in [-0.2, -0.15) is 0 Å². The highest BCUT2D eigenvalue weighted by Crippen LogP contribution is 2.56. The maximum Gasteiger partial charge on any atom is 0.228 e. The van der Waals surface area contributed by atoms with Crippen LogP contribution in [0.15, 0.2) is 60.7 Å². The van der Waals surface area contributed by atoms with Crippen LogP contribution in [0.4, 0.5) is 5.69 Å². The highest BCUT2D eigenvalue weighted by Gasteiger charge is 2.48. The molecule has 4 rings (SSSR count). The van der Waals surface area contributed by atoms with E-state index in [1.807, 2.05) is 53.1 Å². The average Bonchev–Trinajstić information content (AvgIpc) is 3.34. The minimum atomic E-state index is 0.0797. The molecule has 2 fully saturated rings. The standard InChI is InChI=1S/C19H19NOS/c21-17-13-19(11-12-19)14-22-18(15-7-3-1-4-8-15)20(17)16-9-5-2-6-10-16/h1-10,18H,11-14H2/t18-/m1/s1. The van der Waals surface area contributed by atoms with Gasteiger partial charge in [0, 0.05) is 17.9 Å². The van der Waals surface area contributed by atoms with Crippen molar-refractivity contribution in [3.63, 3.8) is 0 Å². The zero-order valence-electron chi connectivity index (χ0n) is 12.4. The van der Waals surface area contributed by atoms with Crippen molar-refractivity contribution in [2.45, 2.75) is 24.6 Å². The van der Waals surface area contributed by atoms with Crippen LogP contribution in [-0.2, 0) is 4.79 Å². The fraction of sp³-hybridized carbons (Fsp3) is 0.316. The molecule has 3 heteroatoms. The van der Waals surface area contributed by atoms with Crippen LogP contribution in [0.3, 0.4) is 0 Å². The lowest BCUT2D eigenvalue weighted by Crippen LogP contribution is -2.32. The Bertz CT molecular complexity index is 666. The predicted molar refractivity (Wildman–Crippen MR) is 91.9 cm³/mol. The van der Waals surface area contributed by atoms with Gasteiger partial charge in [0.1, 0.15) is 5.37 Å². The Morgan fingerprint density at radius 3 is 2.23 bits per heavy atom. The minimum Gasteiger partial charge on any atom is -0.296 e. The average molecular weight is 309 g/mol. The molecule has 2 nitrogen and oxygen atoms in total. The van der Waals surface area contributed by atoms with Gasteiger partial charge in [-0.05, 0) is 36.0 Å². The molecule has 1 aliphatic carbocycles. The zero-order chi connectivity index (χ0) is 15.0. The summed E-state index contributed by atoms with van der Waals surface area (Å²) in [5, 5.41) is 0.0797. The summed E-state index contributed by atoms with van der Waals surface area (Å²) in [7, 11) is 0. The third kappa shape index (κ3) is 2.54. The number of amides is 1. The maximum absolute atomic E-state index is 13.0. The number of para-hydroxylation sites is 1. The lowest BCUT2D eigenvalue weighted by Gasteiger charge is -2.30. The summed E-state index contributed by atoms with van der Waals surface area (Å²) in [6.45, 7) is 0. The topological polar surface area (TPSA) is 20.3 Å². The molecule has 1 heterocycles. The Labute approximate surface area is 135 Å². The van der Waals surface area contributed by atoms with E-state index in [2.05, 4.69) is 24.3 Å². The molecule has 2 aliphatic rings. The van der Waals surface area contributed by atoms with Crippen LogP contribution in [0.25, 0.3) is 0 Å². The van der Waals surface area contributed by atoms with E-state index >= 15 is 0 Å². The number of rotatable bonds is 2. The Balaban J connectivity index is 1.76. The minimum absolute atomic E-state index is 0.0797. The molecule has 1 atom stereocenters. The molecule has 112 valence electrons. The molecule has 22 heavy (non-hydrogen) atoms. The van der Waals surface area contributed by atoms with Gasteiger partial charge in [-0.3, -0.25) is 9.69 Å². The van der Waals surface area contributed by atoms with Crippen molar-refractivity contribution in [2.24, 2.45) is 5.41 Å². The molecule has 0 N–H and O–H groups in total. The molecular formula is C19H19NOS. The zero-order valence-corrected chi connectivity index (χ0v) is 13.3. The molecular weight excluding hydrogens is 290 g/mol. The summed E-state index contributed by atoms with van der Waals surface area (Å²) >= 11 is 1.92. The molecule has 0 radical (unpaired) electrons. The van der Waals surface area contributed by atoms with Crippen molar-refractivity contribution in [2.75, 3.05) is 10.7 Å². The summed E-state index contributed by atoms with van der Waals surface area (Å²) < 4.78 is 0. The van der Waals surface area contributed by atoms with E-state index in [1.165, 1.54) is 18.4 Å². The van der Waals surface area contributed by atoms with Gasteiger partial charge in [-0.1, -0.05) is 48.5 Å². The van der Waals surface area contributed by atoms with Gasteiger partial charge in [0.2, 0.25) is 5.91 Å². The second-order valence-electron chi connectivity index (χ2n) is 6.35. The van der Waals surface area contributed by atoms with Crippen LogP contribution >= 0.6 is 11.8 Å². The molecule has 0 bridgehead atoms. The van der Waals surface area contributed by atoms with Crippen molar-refractivity contribution in [1.29, 1.82) is 0 Å². The predicted octanol–water partition coefficient (Wildman–Crippen LogP) is 4.64. The lowest BCUT2D eigenvalue weighted by atomic mass is 10.0. The van der Waals surface area contributed by atoms with E-state index in [4.69, 9.17) is 0 Å². The summed E-state index contributed by atoms with van der Waals surface area (Å²) in [6.07, 6.45) is 3.10. The summed E-state index contributed by atoms with van der Waals surface area (Å²) in [6, 6.07) is 20.5. The third-order valence-electron chi connectivity index (χ3n) is 4.65. The monoisotopic (exact) mass is 309 g/mol. The van der Waals surface area contributed by atoms with Crippen LogP contribution in [0.2, 0.25) is 0 Å². The first kappa shape index (κ1) is 13.9. The first-order valence-corrected chi connectivity index (χ1v) is 8.86. The Hall–Kier alpha value is -1.74. The van der Waals surface area contributed by atoms with Crippen LogP contribution in [0.1, 0.15) is 30.2 Å². The van der Waals surface area contributed by atoms with Gasteiger partial charge in [0.05, 0.1) is 0 Å². The van der Waals surface area contributed by atoms with E-state index in [0.29, 0.717) is 6.42 Å². The number of nitrogens with zero attached hydrogens (tertiary/aromatic N) is 1. The summed E-state index contributed by atoms with van der Waals surface area (Å²) in [5.74, 6) is 1.35. The molecule has 2 aromatic carbocycles. The Morgan fingerprint density at radius 2 is 1.59 bits per heavy atom. The van der Waals surface area contributed by atoms with Crippen molar-refractivity contribution in [3.8, 4) is 0 Å². The van der Waals surface area contributed by atoms with Crippen molar-refractivity contribution in [1.82, 2.24) is 0 Å². The van der Waals surface area contributed by atoms with Gasteiger partial charge in [0.25, 0.3) is 0 Å². The number of carbonyl (C=O) groups is 1. The Kier molecular flexibility index (Phi) is 3.45. The van der Waals surface area contributed by atoms with Gasteiger partial charge in [0.15, 0.2) is 0 Å². The van der Waals surface area contributed by atoms with E-state index in [9.17, 15) is 4.79 Å². The normalized spacial score (nSPS) is 23.4. The highest BCUT2D eigenvalue weighted by molar-refractivity contribution is 7.99. The van der Waals surface area contributed by atoms with Crippen molar-refractivity contribution in [3.05, 3.63) is 66.2 Å². The largest absolute Gasteiger partial charge is 0.296 e. The van der Waals surface area contributed by atoms with Gasteiger partial charge >= 0.3 is 0 Å². The summed E-state index contributed by atoms with van der Waals surface area (Å²) in [4.78, 5) is 15.0. The molecule has 1 amide bonds. The molecule has 1 spiro atoms. The fourth-order valence-electron chi connectivity index (χ4n) is 3.15. The number of hydrogen-bond acceptors (Lipinski definition) is 2. The van der Waals surface area contributed by atoms with Crippen LogP contribution in [0.5, 0.6) is 0 Å². The van der Waals surface area contributed by atoms with Crippen LogP contribution < -0.4 is 4.90 Å². The number of anilines is 1. The Morgan fingerprint density at radius 1 is 0.955 bits per heavy atom. The SMILES string of the molecule is O=C1CC2(CC2)CS[C@H](c2ccccc2)N1c1ccccc1. The van der Waals surface area contributed by atoms with Crippen molar-refractivity contribution < 1.29 is 4.79 Å². The van der Waals surface area contributed by atoms with Crippen molar-refractivity contribution >= 4 is 23.4 Å². The van der Waals surface area contributed by atoms with Gasteiger partial charge in [-0.25, -0.2) is 0 Å². The first-order valence-electron chi connectivity index (χ1n) is 7.81. The molecule has 0 unspecified atom stereocenters.